The molecule has 1 N–H and O–H groups in total. The first kappa shape index (κ1) is 14.0. The molecule has 0 aromatic rings. The fraction of sp³-hybridized carbons (Fsp3) is 1.00. The molecule has 1 aliphatic rings. The van der Waals surface area contributed by atoms with Gasteiger partial charge in [0.25, 0.3) is 0 Å². The maximum atomic E-state index is 9.84. The van der Waals surface area contributed by atoms with Gasteiger partial charge in [0.15, 0.2) is 0 Å². The van der Waals surface area contributed by atoms with Crippen LogP contribution in [0.2, 0.25) is 0 Å². The predicted octanol–water partition coefficient (Wildman–Crippen LogP) is 4.39. The topological polar surface area (TPSA) is 20.2 Å². The minimum atomic E-state index is -0.0603. The Bertz CT molecular complexity index is 198. The molecule has 0 saturated heterocycles. The maximum Gasteiger partial charge on any atom is 0.0540 e. The monoisotopic (exact) mass is 226 g/mol. The highest BCUT2D eigenvalue weighted by molar-refractivity contribution is 4.86. The van der Waals surface area contributed by atoms with Crippen LogP contribution in [0.5, 0.6) is 0 Å². The van der Waals surface area contributed by atoms with Crippen molar-refractivity contribution in [3.63, 3.8) is 0 Å². The van der Waals surface area contributed by atoms with Crippen molar-refractivity contribution in [1.29, 1.82) is 0 Å². The third-order valence-corrected chi connectivity index (χ3v) is 4.60. The van der Waals surface area contributed by atoms with E-state index in [1.54, 1.807) is 0 Å². The summed E-state index contributed by atoms with van der Waals surface area (Å²) in [5, 5.41) is 9.84. The summed E-state index contributed by atoms with van der Waals surface area (Å²) < 4.78 is 0. The molecular weight excluding hydrogens is 196 g/mol. The lowest BCUT2D eigenvalue weighted by atomic mass is 9.62. The van der Waals surface area contributed by atoms with Crippen LogP contribution in [0.4, 0.5) is 0 Å². The summed E-state index contributed by atoms with van der Waals surface area (Å²) in [4.78, 5) is 0. The molecule has 0 aromatic carbocycles. The molecule has 1 fully saturated rings. The smallest absolute Gasteiger partial charge is 0.0540 e. The third-order valence-electron chi connectivity index (χ3n) is 4.60. The van der Waals surface area contributed by atoms with E-state index < -0.39 is 0 Å². The van der Waals surface area contributed by atoms with Crippen molar-refractivity contribution < 1.29 is 5.11 Å². The third kappa shape index (κ3) is 3.76. The summed E-state index contributed by atoms with van der Waals surface area (Å²) in [6, 6.07) is 0. The first-order chi connectivity index (χ1) is 7.47. The Labute approximate surface area is 102 Å². The quantitative estimate of drug-likeness (QED) is 0.737. The van der Waals surface area contributed by atoms with Gasteiger partial charge in [-0.05, 0) is 42.9 Å². The lowest BCUT2D eigenvalue weighted by Gasteiger charge is -2.43. The zero-order valence-electron chi connectivity index (χ0n) is 11.6. The van der Waals surface area contributed by atoms with Gasteiger partial charge < -0.3 is 5.11 Å². The highest BCUT2D eigenvalue weighted by atomic mass is 16.3. The molecule has 0 aliphatic heterocycles. The predicted molar refractivity (Wildman–Crippen MR) is 70.4 cm³/mol. The Morgan fingerprint density at radius 3 is 2.56 bits per heavy atom. The standard InChI is InChI=1S/C15H30O/c1-5-7-13(16)9-10-14-12(2)8-6-11-15(14,3)4/h12-14,16H,5-11H2,1-4H3/t12?,13-,14?/m1/s1. The average molecular weight is 226 g/mol. The molecule has 16 heavy (non-hydrogen) atoms. The summed E-state index contributed by atoms with van der Waals surface area (Å²) in [6.07, 6.45) is 8.38. The van der Waals surface area contributed by atoms with E-state index in [2.05, 4.69) is 27.7 Å². The van der Waals surface area contributed by atoms with E-state index in [1.807, 2.05) is 0 Å². The molecule has 1 saturated carbocycles. The lowest BCUT2D eigenvalue weighted by molar-refractivity contribution is 0.0560. The van der Waals surface area contributed by atoms with Crippen LogP contribution in [-0.4, -0.2) is 11.2 Å². The number of rotatable bonds is 5. The summed E-state index contributed by atoms with van der Waals surface area (Å²) in [7, 11) is 0. The molecule has 0 heterocycles. The van der Waals surface area contributed by atoms with Crippen LogP contribution in [0.25, 0.3) is 0 Å². The van der Waals surface area contributed by atoms with Gasteiger partial charge in [0.05, 0.1) is 6.10 Å². The Balaban J connectivity index is 2.43. The highest BCUT2D eigenvalue weighted by Gasteiger charge is 2.36. The van der Waals surface area contributed by atoms with Gasteiger partial charge in [0.2, 0.25) is 0 Å². The van der Waals surface area contributed by atoms with Crippen molar-refractivity contribution in [2.75, 3.05) is 0 Å². The van der Waals surface area contributed by atoms with Gasteiger partial charge in [0.1, 0.15) is 0 Å². The Kier molecular flexibility index (Phi) is 5.30. The molecule has 0 amide bonds. The minimum absolute atomic E-state index is 0.0603. The Morgan fingerprint density at radius 2 is 2.00 bits per heavy atom. The number of hydrogen-bond donors (Lipinski definition) is 1. The van der Waals surface area contributed by atoms with Crippen molar-refractivity contribution in [3.05, 3.63) is 0 Å². The van der Waals surface area contributed by atoms with Gasteiger partial charge in [0, 0.05) is 0 Å². The van der Waals surface area contributed by atoms with E-state index in [0.717, 1.165) is 31.1 Å². The van der Waals surface area contributed by atoms with Crippen molar-refractivity contribution in [2.45, 2.75) is 78.7 Å². The summed E-state index contributed by atoms with van der Waals surface area (Å²) in [5.74, 6) is 1.66. The Hall–Kier alpha value is -0.0400. The molecule has 1 heteroatoms. The number of aliphatic hydroxyl groups is 1. The second kappa shape index (κ2) is 6.05. The van der Waals surface area contributed by atoms with Crippen LogP contribution in [0.15, 0.2) is 0 Å². The van der Waals surface area contributed by atoms with E-state index >= 15 is 0 Å². The van der Waals surface area contributed by atoms with E-state index in [0.29, 0.717) is 5.41 Å². The zero-order valence-corrected chi connectivity index (χ0v) is 11.6. The van der Waals surface area contributed by atoms with E-state index in [1.165, 1.54) is 25.7 Å². The molecule has 2 unspecified atom stereocenters. The van der Waals surface area contributed by atoms with Crippen molar-refractivity contribution >= 4 is 0 Å². The average Bonchev–Trinajstić information content (AvgIpc) is 2.16. The van der Waals surface area contributed by atoms with Crippen molar-refractivity contribution in [2.24, 2.45) is 17.3 Å². The number of aliphatic hydroxyl groups excluding tert-OH is 1. The summed E-state index contributed by atoms with van der Waals surface area (Å²) >= 11 is 0. The minimum Gasteiger partial charge on any atom is -0.393 e. The van der Waals surface area contributed by atoms with Gasteiger partial charge in [-0.1, -0.05) is 47.0 Å². The molecule has 0 spiro atoms. The molecule has 0 aromatic heterocycles. The first-order valence-corrected chi connectivity index (χ1v) is 7.15. The van der Waals surface area contributed by atoms with Crippen LogP contribution >= 0.6 is 0 Å². The van der Waals surface area contributed by atoms with Crippen LogP contribution in [0.1, 0.15) is 72.6 Å². The molecule has 1 rings (SSSR count). The molecule has 0 bridgehead atoms. The fourth-order valence-electron chi connectivity index (χ4n) is 3.56. The van der Waals surface area contributed by atoms with Crippen LogP contribution in [-0.2, 0) is 0 Å². The second-order valence-electron chi connectivity index (χ2n) is 6.48. The molecule has 1 aliphatic carbocycles. The van der Waals surface area contributed by atoms with E-state index in [9.17, 15) is 5.11 Å². The summed E-state index contributed by atoms with van der Waals surface area (Å²) in [6.45, 7) is 9.38. The highest BCUT2D eigenvalue weighted by Crippen LogP contribution is 2.46. The number of hydrogen-bond acceptors (Lipinski definition) is 1. The van der Waals surface area contributed by atoms with Gasteiger partial charge in [-0.3, -0.25) is 0 Å². The SMILES string of the molecule is CCC[C@@H](O)CCC1C(C)CCCC1(C)C. The van der Waals surface area contributed by atoms with Gasteiger partial charge in [-0.25, -0.2) is 0 Å². The molecule has 0 radical (unpaired) electrons. The van der Waals surface area contributed by atoms with Crippen LogP contribution in [0, 0.1) is 17.3 Å². The maximum absolute atomic E-state index is 9.84. The van der Waals surface area contributed by atoms with E-state index in [4.69, 9.17) is 0 Å². The van der Waals surface area contributed by atoms with Crippen LogP contribution in [0.3, 0.4) is 0 Å². The normalized spacial score (nSPS) is 31.3. The molecule has 1 nitrogen and oxygen atoms in total. The summed E-state index contributed by atoms with van der Waals surface area (Å²) in [5.41, 5.74) is 0.490. The Morgan fingerprint density at radius 1 is 1.31 bits per heavy atom. The van der Waals surface area contributed by atoms with Gasteiger partial charge >= 0.3 is 0 Å². The molecule has 3 atom stereocenters. The molecular formula is C15H30O. The first-order valence-electron chi connectivity index (χ1n) is 7.15. The van der Waals surface area contributed by atoms with Crippen molar-refractivity contribution in [1.82, 2.24) is 0 Å². The van der Waals surface area contributed by atoms with Crippen molar-refractivity contribution in [3.8, 4) is 0 Å². The molecule has 96 valence electrons. The lowest BCUT2D eigenvalue weighted by Crippen LogP contribution is -2.34. The van der Waals surface area contributed by atoms with Crippen LogP contribution < -0.4 is 0 Å². The van der Waals surface area contributed by atoms with E-state index in [-0.39, 0.29) is 6.10 Å². The van der Waals surface area contributed by atoms with Gasteiger partial charge in [-0.2, -0.15) is 0 Å². The zero-order chi connectivity index (χ0) is 12.2. The fourth-order valence-corrected chi connectivity index (χ4v) is 3.56. The second-order valence-corrected chi connectivity index (χ2v) is 6.48. The largest absolute Gasteiger partial charge is 0.393 e. The van der Waals surface area contributed by atoms with Gasteiger partial charge in [-0.15, -0.1) is 0 Å².